The first-order valence-electron chi connectivity index (χ1n) is 7.31. The summed E-state index contributed by atoms with van der Waals surface area (Å²) < 4.78 is 0. The molecule has 0 saturated carbocycles. The van der Waals surface area contributed by atoms with E-state index in [1.807, 2.05) is 24.3 Å². The summed E-state index contributed by atoms with van der Waals surface area (Å²) in [5.74, 6) is 0.714. The van der Waals surface area contributed by atoms with Gasteiger partial charge in [0.05, 0.1) is 0 Å². The predicted molar refractivity (Wildman–Crippen MR) is 84.4 cm³/mol. The van der Waals surface area contributed by atoms with Crippen molar-refractivity contribution in [3.8, 4) is 0 Å². The summed E-state index contributed by atoms with van der Waals surface area (Å²) in [5.41, 5.74) is 4.46. The minimum absolute atomic E-state index is 0.185. The molecule has 0 aliphatic rings. The fraction of sp³-hybridized carbons (Fsp3) is 0.316. The number of hydrogen-bond acceptors (Lipinski definition) is 1. The number of carbonyl (C=O) groups excluding carboxylic acids is 1. The van der Waals surface area contributed by atoms with Crippen LogP contribution in [0.4, 0.5) is 0 Å². The highest BCUT2D eigenvalue weighted by Crippen LogP contribution is 2.16. The molecule has 0 radical (unpaired) electrons. The maximum absolute atomic E-state index is 12.2. The summed E-state index contributed by atoms with van der Waals surface area (Å²) in [4.78, 5) is 12.2. The quantitative estimate of drug-likeness (QED) is 0.711. The molecule has 1 heteroatoms. The van der Waals surface area contributed by atoms with Crippen LogP contribution in [-0.4, -0.2) is 5.78 Å². The summed E-state index contributed by atoms with van der Waals surface area (Å²) in [6.45, 7) is 6.47. The van der Waals surface area contributed by atoms with Crippen LogP contribution >= 0.6 is 0 Å². The van der Waals surface area contributed by atoms with Crippen molar-refractivity contribution < 1.29 is 4.79 Å². The van der Waals surface area contributed by atoms with E-state index in [2.05, 4.69) is 45.0 Å². The van der Waals surface area contributed by atoms with Gasteiger partial charge in [-0.2, -0.15) is 0 Å². The molecule has 0 atom stereocenters. The highest BCUT2D eigenvalue weighted by molar-refractivity contribution is 5.97. The van der Waals surface area contributed by atoms with Crippen molar-refractivity contribution in [1.82, 2.24) is 0 Å². The number of hydrogen-bond donors (Lipinski definition) is 0. The van der Waals surface area contributed by atoms with Crippen LogP contribution in [-0.2, 0) is 12.8 Å². The molecule has 0 spiro atoms. The SMILES string of the molecule is CCc1ccc(C(=O)Cc2ccc(C(C)C)cc2)cc1. The maximum Gasteiger partial charge on any atom is 0.167 e. The van der Waals surface area contributed by atoms with Crippen LogP contribution in [0.2, 0.25) is 0 Å². The fourth-order valence-electron chi connectivity index (χ4n) is 2.23. The van der Waals surface area contributed by atoms with Gasteiger partial charge < -0.3 is 0 Å². The third-order valence-corrected chi connectivity index (χ3v) is 3.70. The van der Waals surface area contributed by atoms with Crippen molar-refractivity contribution in [3.63, 3.8) is 0 Å². The third kappa shape index (κ3) is 3.57. The number of Topliss-reactive ketones (excluding diaryl/α,β-unsaturated/α-hetero) is 1. The first-order chi connectivity index (χ1) is 9.60. The van der Waals surface area contributed by atoms with Crippen LogP contribution < -0.4 is 0 Å². The molecule has 0 fully saturated rings. The minimum Gasteiger partial charge on any atom is -0.294 e. The van der Waals surface area contributed by atoms with Gasteiger partial charge in [-0.15, -0.1) is 0 Å². The van der Waals surface area contributed by atoms with E-state index in [9.17, 15) is 4.79 Å². The summed E-state index contributed by atoms with van der Waals surface area (Å²) in [6, 6.07) is 16.3. The molecular weight excluding hydrogens is 244 g/mol. The van der Waals surface area contributed by atoms with Crippen LogP contribution in [0.15, 0.2) is 48.5 Å². The smallest absolute Gasteiger partial charge is 0.167 e. The standard InChI is InChI=1S/C19H22O/c1-4-15-5-11-18(12-6-15)19(20)13-16-7-9-17(10-8-16)14(2)3/h5-12,14H,4,13H2,1-3H3. The largest absolute Gasteiger partial charge is 0.294 e. The fourth-order valence-corrected chi connectivity index (χ4v) is 2.23. The predicted octanol–water partition coefficient (Wildman–Crippen LogP) is 4.80. The molecule has 0 bridgehead atoms. The molecule has 0 amide bonds. The van der Waals surface area contributed by atoms with Crippen molar-refractivity contribution in [2.24, 2.45) is 0 Å². The molecule has 20 heavy (non-hydrogen) atoms. The maximum atomic E-state index is 12.2. The van der Waals surface area contributed by atoms with Gasteiger partial charge in [0.15, 0.2) is 5.78 Å². The molecular formula is C19H22O. The zero-order valence-corrected chi connectivity index (χ0v) is 12.5. The molecule has 2 aromatic rings. The van der Waals surface area contributed by atoms with Gasteiger partial charge >= 0.3 is 0 Å². The molecule has 2 rings (SSSR count). The van der Waals surface area contributed by atoms with E-state index >= 15 is 0 Å². The Balaban J connectivity index is 2.06. The summed E-state index contributed by atoms with van der Waals surface area (Å²) in [6.07, 6.45) is 1.48. The molecule has 2 aromatic carbocycles. The van der Waals surface area contributed by atoms with Gasteiger partial charge in [-0.3, -0.25) is 4.79 Å². The lowest BCUT2D eigenvalue weighted by molar-refractivity contribution is 0.0993. The van der Waals surface area contributed by atoms with Crippen molar-refractivity contribution >= 4 is 5.78 Å². The third-order valence-electron chi connectivity index (χ3n) is 3.70. The van der Waals surface area contributed by atoms with E-state index in [0.717, 1.165) is 17.5 Å². The molecule has 0 saturated heterocycles. The van der Waals surface area contributed by atoms with Gasteiger partial charge in [0.1, 0.15) is 0 Å². The first kappa shape index (κ1) is 14.5. The van der Waals surface area contributed by atoms with Gasteiger partial charge in [-0.1, -0.05) is 69.3 Å². The van der Waals surface area contributed by atoms with Crippen LogP contribution in [0.5, 0.6) is 0 Å². The molecule has 0 aliphatic heterocycles. The van der Waals surface area contributed by atoms with Crippen molar-refractivity contribution in [1.29, 1.82) is 0 Å². The Morgan fingerprint density at radius 1 is 0.900 bits per heavy atom. The van der Waals surface area contributed by atoms with E-state index in [4.69, 9.17) is 0 Å². The van der Waals surface area contributed by atoms with Crippen LogP contribution in [0.1, 0.15) is 53.7 Å². The molecule has 0 N–H and O–H groups in total. The summed E-state index contributed by atoms with van der Waals surface area (Å²) in [7, 11) is 0. The lowest BCUT2D eigenvalue weighted by atomic mass is 9.98. The van der Waals surface area contributed by atoms with Crippen molar-refractivity contribution in [2.45, 2.75) is 39.5 Å². The topological polar surface area (TPSA) is 17.1 Å². The zero-order chi connectivity index (χ0) is 14.5. The minimum atomic E-state index is 0.185. The van der Waals surface area contributed by atoms with Gasteiger partial charge in [-0.25, -0.2) is 0 Å². The Labute approximate surface area is 121 Å². The van der Waals surface area contributed by atoms with Crippen molar-refractivity contribution in [3.05, 3.63) is 70.8 Å². The molecule has 0 heterocycles. The number of ketones is 1. The number of rotatable bonds is 5. The van der Waals surface area contributed by atoms with Gasteiger partial charge in [0.25, 0.3) is 0 Å². The number of aryl methyl sites for hydroxylation is 1. The Morgan fingerprint density at radius 3 is 1.95 bits per heavy atom. The number of carbonyl (C=O) groups is 1. The monoisotopic (exact) mass is 266 g/mol. The van der Waals surface area contributed by atoms with Gasteiger partial charge in [0, 0.05) is 12.0 Å². The highest BCUT2D eigenvalue weighted by Gasteiger charge is 2.07. The first-order valence-corrected chi connectivity index (χ1v) is 7.31. The molecule has 0 unspecified atom stereocenters. The Bertz CT molecular complexity index is 562. The van der Waals surface area contributed by atoms with Crippen molar-refractivity contribution in [2.75, 3.05) is 0 Å². The van der Waals surface area contributed by atoms with E-state index < -0.39 is 0 Å². The average molecular weight is 266 g/mol. The normalized spacial score (nSPS) is 10.8. The van der Waals surface area contributed by atoms with Crippen LogP contribution in [0, 0.1) is 0 Å². The zero-order valence-electron chi connectivity index (χ0n) is 12.5. The summed E-state index contributed by atoms with van der Waals surface area (Å²) >= 11 is 0. The Morgan fingerprint density at radius 2 is 1.45 bits per heavy atom. The molecule has 0 aromatic heterocycles. The van der Waals surface area contributed by atoms with Gasteiger partial charge in [-0.05, 0) is 29.0 Å². The van der Waals surface area contributed by atoms with E-state index in [0.29, 0.717) is 12.3 Å². The lowest BCUT2D eigenvalue weighted by Crippen LogP contribution is -2.03. The second-order valence-corrected chi connectivity index (χ2v) is 5.55. The second-order valence-electron chi connectivity index (χ2n) is 5.55. The molecule has 104 valence electrons. The molecule has 1 nitrogen and oxygen atoms in total. The Kier molecular flexibility index (Phi) is 4.73. The lowest BCUT2D eigenvalue weighted by Gasteiger charge is -2.07. The van der Waals surface area contributed by atoms with Crippen LogP contribution in [0.3, 0.4) is 0 Å². The summed E-state index contributed by atoms with van der Waals surface area (Å²) in [5, 5.41) is 0. The second kappa shape index (κ2) is 6.51. The van der Waals surface area contributed by atoms with E-state index in [1.54, 1.807) is 0 Å². The number of benzene rings is 2. The van der Waals surface area contributed by atoms with E-state index in [-0.39, 0.29) is 5.78 Å². The molecule has 0 aliphatic carbocycles. The van der Waals surface area contributed by atoms with Crippen LogP contribution in [0.25, 0.3) is 0 Å². The van der Waals surface area contributed by atoms with E-state index in [1.165, 1.54) is 11.1 Å². The van der Waals surface area contributed by atoms with Gasteiger partial charge in [0.2, 0.25) is 0 Å². The highest BCUT2D eigenvalue weighted by atomic mass is 16.1. The average Bonchev–Trinajstić information content (AvgIpc) is 2.48. The Hall–Kier alpha value is -1.89.